The SMILES string of the molecule is CCNC(I)C(C)C. The first-order valence-corrected chi connectivity index (χ1v) is 4.30. The van der Waals surface area contributed by atoms with E-state index < -0.39 is 0 Å². The Hall–Kier alpha value is 0.690. The lowest BCUT2D eigenvalue weighted by atomic mass is 10.2. The third-order valence-electron chi connectivity index (χ3n) is 0.984. The van der Waals surface area contributed by atoms with E-state index in [1.54, 1.807) is 0 Å². The highest BCUT2D eigenvalue weighted by atomic mass is 127. The first-order valence-electron chi connectivity index (χ1n) is 3.06. The van der Waals surface area contributed by atoms with Crippen LogP contribution in [-0.2, 0) is 0 Å². The fourth-order valence-corrected chi connectivity index (χ4v) is 0.871. The molecule has 2 heteroatoms. The molecule has 0 aromatic rings. The molecule has 1 nitrogen and oxygen atoms in total. The summed E-state index contributed by atoms with van der Waals surface area (Å²) in [6, 6.07) is 0. The summed E-state index contributed by atoms with van der Waals surface area (Å²) in [6.07, 6.45) is 0. The smallest absolute Gasteiger partial charge is 0.0616 e. The van der Waals surface area contributed by atoms with Crippen LogP contribution < -0.4 is 5.32 Å². The van der Waals surface area contributed by atoms with Gasteiger partial charge in [0.05, 0.1) is 4.05 Å². The standard InChI is InChI=1S/C6H14IN/c1-4-8-6(7)5(2)3/h5-6,8H,4H2,1-3H3. The number of nitrogens with one attached hydrogen (secondary N) is 1. The third kappa shape index (κ3) is 3.66. The van der Waals surface area contributed by atoms with Crippen molar-refractivity contribution in [1.82, 2.24) is 5.32 Å². The Morgan fingerprint density at radius 1 is 1.50 bits per heavy atom. The molecule has 0 aliphatic carbocycles. The molecule has 1 unspecified atom stereocenters. The predicted octanol–water partition coefficient (Wildman–Crippen LogP) is 2.01. The van der Waals surface area contributed by atoms with Crippen LogP contribution in [0.5, 0.6) is 0 Å². The van der Waals surface area contributed by atoms with Gasteiger partial charge in [0.15, 0.2) is 0 Å². The van der Waals surface area contributed by atoms with Crippen molar-refractivity contribution in [3.8, 4) is 0 Å². The Labute approximate surface area is 65.4 Å². The van der Waals surface area contributed by atoms with Gasteiger partial charge in [-0.2, -0.15) is 0 Å². The van der Waals surface area contributed by atoms with Gasteiger partial charge in [-0.1, -0.05) is 43.4 Å². The molecule has 1 N–H and O–H groups in total. The summed E-state index contributed by atoms with van der Waals surface area (Å²) in [4.78, 5) is 0. The number of hydrogen-bond donors (Lipinski definition) is 1. The van der Waals surface area contributed by atoms with Gasteiger partial charge in [-0.15, -0.1) is 0 Å². The predicted molar refractivity (Wildman–Crippen MR) is 46.3 cm³/mol. The first-order chi connectivity index (χ1) is 3.68. The van der Waals surface area contributed by atoms with Crippen molar-refractivity contribution >= 4 is 22.6 Å². The first kappa shape index (κ1) is 8.69. The van der Waals surface area contributed by atoms with E-state index in [9.17, 15) is 0 Å². The Bertz CT molecular complexity index is 54.5. The lowest BCUT2D eigenvalue weighted by molar-refractivity contribution is 0.545. The summed E-state index contributed by atoms with van der Waals surface area (Å²) in [7, 11) is 0. The zero-order valence-corrected chi connectivity index (χ0v) is 7.90. The summed E-state index contributed by atoms with van der Waals surface area (Å²) < 4.78 is 0.637. The van der Waals surface area contributed by atoms with Gasteiger partial charge in [0, 0.05) is 0 Å². The second-order valence-corrected chi connectivity index (χ2v) is 3.55. The topological polar surface area (TPSA) is 12.0 Å². The highest BCUT2D eigenvalue weighted by molar-refractivity contribution is 14.1. The molecule has 0 spiro atoms. The van der Waals surface area contributed by atoms with Crippen LogP contribution in [0.2, 0.25) is 0 Å². The van der Waals surface area contributed by atoms with E-state index in [2.05, 4.69) is 48.7 Å². The summed E-state index contributed by atoms with van der Waals surface area (Å²) >= 11 is 2.42. The molecule has 0 aliphatic heterocycles. The zero-order valence-electron chi connectivity index (χ0n) is 5.74. The average Bonchev–Trinajstić information content (AvgIpc) is 1.67. The fourth-order valence-electron chi connectivity index (χ4n) is 0.431. The highest BCUT2D eigenvalue weighted by Gasteiger charge is 2.04. The summed E-state index contributed by atoms with van der Waals surface area (Å²) in [5.41, 5.74) is 0. The van der Waals surface area contributed by atoms with Gasteiger partial charge in [-0.25, -0.2) is 0 Å². The van der Waals surface area contributed by atoms with Crippen LogP contribution in [0.1, 0.15) is 20.8 Å². The Balaban J connectivity index is 3.17. The molecular formula is C6H14IN. The van der Waals surface area contributed by atoms with E-state index in [0.29, 0.717) is 4.05 Å². The molecule has 0 rings (SSSR count). The van der Waals surface area contributed by atoms with Crippen LogP contribution in [0.15, 0.2) is 0 Å². The summed E-state index contributed by atoms with van der Waals surface area (Å²) in [6.45, 7) is 7.65. The second kappa shape index (κ2) is 4.56. The van der Waals surface area contributed by atoms with E-state index in [1.807, 2.05) is 0 Å². The van der Waals surface area contributed by atoms with Crippen LogP contribution >= 0.6 is 22.6 Å². The summed E-state index contributed by atoms with van der Waals surface area (Å²) in [5.74, 6) is 0.746. The molecule has 0 aromatic carbocycles. The van der Waals surface area contributed by atoms with E-state index in [-0.39, 0.29) is 0 Å². The van der Waals surface area contributed by atoms with Gasteiger partial charge in [0.25, 0.3) is 0 Å². The van der Waals surface area contributed by atoms with Crippen LogP contribution in [0.4, 0.5) is 0 Å². The molecule has 0 bridgehead atoms. The van der Waals surface area contributed by atoms with E-state index in [0.717, 1.165) is 12.5 Å². The molecule has 8 heavy (non-hydrogen) atoms. The van der Waals surface area contributed by atoms with Crippen molar-refractivity contribution < 1.29 is 0 Å². The minimum absolute atomic E-state index is 0.637. The maximum absolute atomic E-state index is 3.33. The highest BCUT2D eigenvalue weighted by Crippen LogP contribution is 2.07. The van der Waals surface area contributed by atoms with Gasteiger partial charge in [-0.05, 0) is 12.5 Å². The molecule has 0 saturated heterocycles. The molecule has 0 aliphatic rings. The molecule has 0 heterocycles. The molecule has 0 amide bonds. The van der Waals surface area contributed by atoms with Crippen LogP contribution in [0.3, 0.4) is 0 Å². The van der Waals surface area contributed by atoms with Crippen molar-refractivity contribution in [2.45, 2.75) is 24.8 Å². The zero-order chi connectivity index (χ0) is 6.57. The lowest BCUT2D eigenvalue weighted by Crippen LogP contribution is -2.27. The van der Waals surface area contributed by atoms with E-state index in [1.165, 1.54) is 0 Å². The molecule has 50 valence electrons. The maximum atomic E-state index is 3.33. The molecule has 0 fully saturated rings. The maximum Gasteiger partial charge on any atom is 0.0616 e. The van der Waals surface area contributed by atoms with Gasteiger partial charge >= 0.3 is 0 Å². The van der Waals surface area contributed by atoms with Crippen LogP contribution in [0.25, 0.3) is 0 Å². The molecular weight excluding hydrogens is 213 g/mol. The second-order valence-electron chi connectivity index (χ2n) is 2.20. The average molecular weight is 227 g/mol. The monoisotopic (exact) mass is 227 g/mol. The van der Waals surface area contributed by atoms with Gasteiger partial charge < -0.3 is 5.32 Å². The van der Waals surface area contributed by atoms with Crippen molar-refractivity contribution in [2.24, 2.45) is 5.92 Å². The normalized spacial score (nSPS) is 14.6. The van der Waals surface area contributed by atoms with Crippen molar-refractivity contribution in [3.05, 3.63) is 0 Å². The van der Waals surface area contributed by atoms with Crippen LogP contribution in [0, 0.1) is 5.92 Å². The quantitative estimate of drug-likeness (QED) is 0.441. The number of rotatable bonds is 3. The molecule has 0 radical (unpaired) electrons. The van der Waals surface area contributed by atoms with Crippen molar-refractivity contribution in [1.29, 1.82) is 0 Å². The fraction of sp³-hybridized carbons (Fsp3) is 1.00. The number of halogens is 1. The number of alkyl halides is 1. The van der Waals surface area contributed by atoms with Gasteiger partial charge in [0.1, 0.15) is 0 Å². The Kier molecular flexibility index (Phi) is 4.95. The van der Waals surface area contributed by atoms with Gasteiger partial charge in [-0.3, -0.25) is 0 Å². The Morgan fingerprint density at radius 3 is 2.12 bits per heavy atom. The molecule has 1 atom stereocenters. The van der Waals surface area contributed by atoms with Crippen molar-refractivity contribution in [3.63, 3.8) is 0 Å². The summed E-state index contributed by atoms with van der Waals surface area (Å²) in [5, 5.41) is 3.33. The molecule has 0 aromatic heterocycles. The minimum atomic E-state index is 0.637. The Morgan fingerprint density at radius 2 is 2.00 bits per heavy atom. The molecule has 0 saturated carbocycles. The van der Waals surface area contributed by atoms with Crippen molar-refractivity contribution in [2.75, 3.05) is 6.54 Å². The minimum Gasteiger partial charge on any atom is -0.306 e. The van der Waals surface area contributed by atoms with Crippen LogP contribution in [-0.4, -0.2) is 10.6 Å². The largest absolute Gasteiger partial charge is 0.306 e. The van der Waals surface area contributed by atoms with Gasteiger partial charge in [0.2, 0.25) is 0 Å². The van der Waals surface area contributed by atoms with E-state index >= 15 is 0 Å². The van der Waals surface area contributed by atoms with E-state index in [4.69, 9.17) is 0 Å². The number of hydrogen-bond acceptors (Lipinski definition) is 1. The third-order valence-corrected chi connectivity index (χ3v) is 2.86. The lowest BCUT2D eigenvalue weighted by Gasteiger charge is -2.13.